The van der Waals surface area contributed by atoms with Crippen LogP contribution >= 0.6 is 0 Å². The molecule has 0 spiro atoms. The number of carbonyl (C=O) groups excluding carboxylic acids is 1. The molecule has 0 aliphatic rings. The average Bonchev–Trinajstić information content (AvgIpc) is 2.36. The molecule has 0 aromatic heterocycles. The minimum Gasteiger partial charge on any atom is -0.494 e. The number of ether oxygens (including phenoxy) is 1. The second-order valence-corrected chi connectivity index (χ2v) is 3.87. The summed E-state index contributed by atoms with van der Waals surface area (Å²) in [5.41, 5.74) is 6.34. The standard InChI is InChI=1S/C14H19NO2/c1-3-5-13(15)14(16)11-6-8-12(9-7-11)17-10-4-2/h3,6-9,13H,1,4-5,10,15H2,2H3. The van der Waals surface area contributed by atoms with Gasteiger partial charge in [-0.15, -0.1) is 6.58 Å². The van der Waals surface area contributed by atoms with Crippen LogP contribution < -0.4 is 10.5 Å². The lowest BCUT2D eigenvalue weighted by atomic mass is 10.0. The third-order valence-electron chi connectivity index (χ3n) is 2.37. The van der Waals surface area contributed by atoms with Gasteiger partial charge in [0, 0.05) is 5.56 Å². The SMILES string of the molecule is C=CCC(N)C(=O)c1ccc(OCCC)cc1. The highest BCUT2D eigenvalue weighted by Crippen LogP contribution is 2.14. The number of rotatable bonds is 7. The Balaban J connectivity index is 2.66. The van der Waals surface area contributed by atoms with E-state index in [9.17, 15) is 4.79 Å². The van der Waals surface area contributed by atoms with Crippen molar-refractivity contribution < 1.29 is 9.53 Å². The van der Waals surface area contributed by atoms with Gasteiger partial charge < -0.3 is 10.5 Å². The molecular weight excluding hydrogens is 214 g/mol. The molecule has 0 aliphatic heterocycles. The molecule has 0 heterocycles. The molecule has 0 amide bonds. The van der Waals surface area contributed by atoms with E-state index in [0.717, 1.165) is 12.2 Å². The molecule has 2 N–H and O–H groups in total. The molecule has 0 saturated carbocycles. The van der Waals surface area contributed by atoms with Gasteiger partial charge >= 0.3 is 0 Å². The summed E-state index contributed by atoms with van der Waals surface area (Å²) in [6, 6.07) is 6.58. The first-order chi connectivity index (χ1) is 8.19. The number of Topliss-reactive ketones (excluding diaryl/α,β-unsaturated/α-hetero) is 1. The highest BCUT2D eigenvalue weighted by atomic mass is 16.5. The summed E-state index contributed by atoms with van der Waals surface area (Å²) < 4.78 is 5.44. The van der Waals surface area contributed by atoms with E-state index in [4.69, 9.17) is 10.5 Å². The Morgan fingerprint density at radius 3 is 2.65 bits per heavy atom. The quantitative estimate of drug-likeness (QED) is 0.581. The molecule has 3 nitrogen and oxygen atoms in total. The lowest BCUT2D eigenvalue weighted by Crippen LogP contribution is -2.29. The average molecular weight is 233 g/mol. The van der Waals surface area contributed by atoms with Crippen LogP contribution in [0.25, 0.3) is 0 Å². The zero-order valence-electron chi connectivity index (χ0n) is 10.2. The number of ketones is 1. The molecule has 1 rings (SSSR count). The van der Waals surface area contributed by atoms with Crippen molar-refractivity contribution in [3.8, 4) is 5.75 Å². The van der Waals surface area contributed by atoms with Gasteiger partial charge in [0.2, 0.25) is 0 Å². The first-order valence-corrected chi connectivity index (χ1v) is 5.82. The van der Waals surface area contributed by atoms with Crippen LogP contribution in [0.1, 0.15) is 30.1 Å². The van der Waals surface area contributed by atoms with Crippen LogP contribution in [0.15, 0.2) is 36.9 Å². The second-order valence-electron chi connectivity index (χ2n) is 3.87. The maximum absolute atomic E-state index is 11.8. The summed E-state index contributed by atoms with van der Waals surface area (Å²) in [6.07, 6.45) is 3.11. The molecule has 1 aromatic carbocycles. The molecule has 0 radical (unpaired) electrons. The highest BCUT2D eigenvalue weighted by Gasteiger charge is 2.13. The lowest BCUT2D eigenvalue weighted by molar-refractivity contribution is 0.0962. The van der Waals surface area contributed by atoms with E-state index in [1.807, 2.05) is 6.92 Å². The van der Waals surface area contributed by atoms with Crippen molar-refractivity contribution in [2.45, 2.75) is 25.8 Å². The van der Waals surface area contributed by atoms with Gasteiger partial charge in [-0.25, -0.2) is 0 Å². The minimum absolute atomic E-state index is 0.0630. The predicted octanol–water partition coefficient (Wildman–Crippen LogP) is 2.56. The van der Waals surface area contributed by atoms with Crippen LogP contribution in [0.3, 0.4) is 0 Å². The van der Waals surface area contributed by atoms with E-state index >= 15 is 0 Å². The van der Waals surface area contributed by atoms with Gasteiger partial charge in [-0.2, -0.15) is 0 Å². The fourth-order valence-corrected chi connectivity index (χ4v) is 1.44. The molecule has 0 bridgehead atoms. The third-order valence-corrected chi connectivity index (χ3v) is 2.37. The van der Waals surface area contributed by atoms with Crippen LogP contribution in [0.4, 0.5) is 0 Å². The third kappa shape index (κ3) is 4.04. The second kappa shape index (κ2) is 6.86. The van der Waals surface area contributed by atoms with Crippen LogP contribution in [0, 0.1) is 0 Å². The van der Waals surface area contributed by atoms with Crippen molar-refractivity contribution in [3.05, 3.63) is 42.5 Å². The molecule has 1 unspecified atom stereocenters. The van der Waals surface area contributed by atoms with Gasteiger partial charge in [0.25, 0.3) is 0 Å². The fourth-order valence-electron chi connectivity index (χ4n) is 1.44. The van der Waals surface area contributed by atoms with Gasteiger partial charge in [-0.3, -0.25) is 4.79 Å². The molecule has 17 heavy (non-hydrogen) atoms. The van der Waals surface area contributed by atoms with Crippen molar-refractivity contribution in [1.29, 1.82) is 0 Å². The molecule has 0 aliphatic carbocycles. The Bertz CT molecular complexity index is 370. The number of nitrogens with two attached hydrogens (primary N) is 1. The van der Waals surface area contributed by atoms with Crippen molar-refractivity contribution in [2.75, 3.05) is 6.61 Å². The molecule has 0 saturated heterocycles. The zero-order valence-corrected chi connectivity index (χ0v) is 10.2. The van der Waals surface area contributed by atoms with Crippen LogP contribution in [-0.4, -0.2) is 18.4 Å². The molecule has 3 heteroatoms. The molecule has 92 valence electrons. The van der Waals surface area contributed by atoms with E-state index in [1.54, 1.807) is 30.3 Å². The fraction of sp³-hybridized carbons (Fsp3) is 0.357. The van der Waals surface area contributed by atoms with E-state index in [1.165, 1.54) is 0 Å². The highest BCUT2D eigenvalue weighted by molar-refractivity contribution is 6.00. The summed E-state index contributed by atoms with van der Waals surface area (Å²) in [5.74, 6) is 0.715. The normalized spacial score (nSPS) is 11.9. The van der Waals surface area contributed by atoms with Crippen molar-refractivity contribution >= 4 is 5.78 Å². The van der Waals surface area contributed by atoms with Gasteiger partial charge in [-0.1, -0.05) is 13.0 Å². The van der Waals surface area contributed by atoms with Gasteiger partial charge in [0.15, 0.2) is 5.78 Å². The molecule has 1 aromatic rings. The van der Waals surface area contributed by atoms with Crippen LogP contribution in [0.2, 0.25) is 0 Å². The van der Waals surface area contributed by atoms with Gasteiger partial charge in [-0.05, 0) is 37.1 Å². The van der Waals surface area contributed by atoms with Crippen LogP contribution in [-0.2, 0) is 0 Å². The summed E-state index contributed by atoms with van der Waals surface area (Å²) in [7, 11) is 0. The number of hydrogen-bond donors (Lipinski definition) is 1. The van der Waals surface area contributed by atoms with E-state index in [-0.39, 0.29) is 5.78 Å². The lowest BCUT2D eigenvalue weighted by Gasteiger charge is -2.09. The van der Waals surface area contributed by atoms with E-state index < -0.39 is 6.04 Å². The zero-order chi connectivity index (χ0) is 12.7. The topological polar surface area (TPSA) is 52.3 Å². The summed E-state index contributed by atoms with van der Waals surface area (Å²) in [4.78, 5) is 11.8. The maximum atomic E-state index is 11.8. The Morgan fingerprint density at radius 2 is 2.12 bits per heavy atom. The molecule has 0 fully saturated rings. The first kappa shape index (κ1) is 13.5. The molecular formula is C14H19NO2. The van der Waals surface area contributed by atoms with Gasteiger partial charge in [0.1, 0.15) is 5.75 Å². The summed E-state index contributed by atoms with van der Waals surface area (Å²) in [5, 5.41) is 0. The number of hydrogen-bond acceptors (Lipinski definition) is 3. The van der Waals surface area contributed by atoms with E-state index in [2.05, 4.69) is 6.58 Å². The van der Waals surface area contributed by atoms with E-state index in [0.29, 0.717) is 18.6 Å². The van der Waals surface area contributed by atoms with Crippen molar-refractivity contribution in [1.82, 2.24) is 0 Å². The summed E-state index contributed by atoms with van der Waals surface area (Å²) in [6.45, 7) is 6.30. The monoisotopic (exact) mass is 233 g/mol. The largest absolute Gasteiger partial charge is 0.494 e. The molecule has 1 atom stereocenters. The smallest absolute Gasteiger partial charge is 0.179 e. The predicted molar refractivity (Wildman–Crippen MR) is 69.3 cm³/mol. The Hall–Kier alpha value is -1.61. The minimum atomic E-state index is -0.505. The number of benzene rings is 1. The Labute approximate surface area is 102 Å². The van der Waals surface area contributed by atoms with Gasteiger partial charge in [0.05, 0.1) is 12.6 Å². The number of carbonyl (C=O) groups is 1. The Kier molecular flexibility index (Phi) is 5.43. The first-order valence-electron chi connectivity index (χ1n) is 5.82. The van der Waals surface area contributed by atoms with Crippen molar-refractivity contribution in [3.63, 3.8) is 0 Å². The van der Waals surface area contributed by atoms with Crippen molar-refractivity contribution in [2.24, 2.45) is 5.73 Å². The maximum Gasteiger partial charge on any atom is 0.179 e. The van der Waals surface area contributed by atoms with Crippen LogP contribution in [0.5, 0.6) is 5.75 Å². The summed E-state index contributed by atoms with van der Waals surface area (Å²) >= 11 is 0. The Morgan fingerprint density at radius 1 is 1.47 bits per heavy atom.